The summed E-state index contributed by atoms with van der Waals surface area (Å²) in [7, 11) is 0. The lowest BCUT2D eigenvalue weighted by atomic mass is 10.1. The molecule has 0 bridgehead atoms. The predicted molar refractivity (Wildman–Crippen MR) is 63.0 cm³/mol. The zero-order valence-electron chi connectivity index (χ0n) is 7.27. The average Bonchev–Trinajstić information content (AvgIpc) is 2.20. The summed E-state index contributed by atoms with van der Waals surface area (Å²) >= 11 is 7.28. The van der Waals surface area contributed by atoms with E-state index in [2.05, 4.69) is 28.6 Å². The van der Waals surface area contributed by atoms with Gasteiger partial charge in [0.2, 0.25) is 0 Å². The molecule has 0 aliphatic heterocycles. The van der Waals surface area contributed by atoms with Crippen molar-refractivity contribution in [3.8, 4) is 5.75 Å². The van der Waals surface area contributed by atoms with Gasteiger partial charge in [-0.3, -0.25) is 0 Å². The summed E-state index contributed by atoms with van der Waals surface area (Å²) < 4.78 is 5.88. The SMILES string of the molecule is N/C(=C\S)c1cc(Br)ccc1OCO. The third-order valence-corrected chi connectivity index (χ3v) is 2.38. The van der Waals surface area contributed by atoms with Gasteiger partial charge in [-0.25, -0.2) is 0 Å². The Kier molecular flexibility index (Phi) is 4.31. The van der Waals surface area contributed by atoms with Gasteiger partial charge in [0.05, 0.1) is 0 Å². The van der Waals surface area contributed by atoms with Crippen LogP contribution >= 0.6 is 28.6 Å². The maximum absolute atomic E-state index is 8.65. The zero-order chi connectivity index (χ0) is 10.6. The van der Waals surface area contributed by atoms with Crippen LogP contribution < -0.4 is 10.5 Å². The van der Waals surface area contributed by atoms with Crippen LogP contribution in [0.2, 0.25) is 0 Å². The molecule has 0 heterocycles. The van der Waals surface area contributed by atoms with E-state index in [-0.39, 0.29) is 6.79 Å². The van der Waals surface area contributed by atoms with E-state index in [9.17, 15) is 0 Å². The van der Waals surface area contributed by atoms with E-state index in [0.29, 0.717) is 17.0 Å². The molecule has 0 radical (unpaired) electrons. The Balaban J connectivity index is 3.15. The molecule has 3 N–H and O–H groups in total. The number of thiol groups is 1. The van der Waals surface area contributed by atoms with Crippen molar-refractivity contribution in [2.45, 2.75) is 0 Å². The van der Waals surface area contributed by atoms with Crippen molar-refractivity contribution in [1.29, 1.82) is 0 Å². The number of halogens is 1. The van der Waals surface area contributed by atoms with Crippen molar-refractivity contribution < 1.29 is 9.84 Å². The van der Waals surface area contributed by atoms with Crippen LogP contribution in [0.5, 0.6) is 5.75 Å². The summed E-state index contributed by atoms with van der Waals surface area (Å²) in [5.74, 6) is 0.526. The highest BCUT2D eigenvalue weighted by atomic mass is 79.9. The van der Waals surface area contributed by atoms with Crippen molar-refractivity contribution in [2.75, 3.05) is 6.79 Å². The molecule has 76 valence electrons. The molecular weight excluding hydrogens is 266 g/mol. The summed E-state index contributed by atoms with van der Waals surface area (Å²) in [6.07, 6.45) is 0. The molecule has 14 heavy (non-hydrogen) atoms. The largest absolute Gasteiger partial charge is 0.467 e. The molecule has 1 rings (SSSR count). The van der Waals surface area contributed by atoms with Crippen molar-refractivity contribution in [2.24, 2.45) is 5.73 Å². The van der Waals surface area contributed by atoms with Crippen LogP contribution in [0.1, 0.15) is 5.56 Å². The minimum Gasteiger partial charge on any atom is -0.467 e. The van der Waals surface area contributed by atoms with Gasteiger partial charge in [0.15, 0.2) is 6.79 Å². The van der Waals surface area contributed by atoms with Crippen LogP contribution in [0.3, 0.4) is 0 Å². The Bertz CT molecular complexity index is 355. The molecule has 0 amide bonds. The van der Waals surface area contributed by atoms with E-state index in [1.807, 2.05) is 0 Å². The second-order valence-electron chi connectivity index (χ2n) is 2.50. The Hall–Kier alpha value is -0.650. The molecular formula is C9H10BrNO2S. The lowest BCUT2D eigenvalue weighted by Gasteiger charge is -2.09. The van der Waals surface area contributed by atoms with Crippen LogP contribution in [0.15, 0.2) is 28.1 Å². The van der Waals surface area contributed by atoms with Gasteiger partial charge in [-0.1, -0.05) is 15.9 Å². The van der Waals surface area contributed by atoms with E-state index in [0.717, 1.165) is 4.47 Å². The highest BCUT2D eigenvalue weighted by Gasteiger charge is 2.06. The number of nitrogens with two attached hydrogens (primary N) is 1. The fourth-order valence-electron chi connectivity index (χ4n) is 0.993. The molecule has 0 unspecified atom stereocenters. The summed E-state index contributed by atoms with van der Waals surface area (Å²) in [5, 5.41) is 10.1. The molecule has 0 aliphatic carbocycles. The van der Waals surface area contributed by atoms with Crippen LogP contribution in [0, 0.1) is 0 Å². The Labute approximate surface area is 96.1 Å². The van der Waals surface area contributed by atoms with Crippen LogP contribution in [-0.4, -0.2) is 11.9 Å². The van der Waals surface area contributed by atoms with E-state index in [4.69, 9.17) is 15.6 Å². The molecule has 5 heteroatoms. The van der Waals surface area contributed by atoms with Gasteiger partial charge in [-0.05, 0) is 23.6 Å². The van der Waals surface area contributed by atoms with E-state index >= 15 is 0 Å². The van der Waals surface area contributed by atoms with Crippen LogP contribution in [-0.2, 0) is 0 Å². The standard InChI is InChI=1S/C9H10BrNO2S/c10-6-1-2-9(13-5-12)7(3-6)8(11)4-14/h1-4,12,14H,5,11H2/b8-4-. The molecule has 0 saturated heterocycles. The first-order chi connectivity index (χ1) is 6.69. The van der Waals surface area contributed by atoms with Crippen LogP contribution in [0.25, 0.3) is 5.70 Å². The second kappa shape index (κ2) is 5.29. The van der Waals surface area contributed by atoms with Gasteiger partial charge in [0.25, 0.3) is 0 Å². The molecule has 1 aromatic rings. The summed E-state index contributed by atoms with van der Waals surface area (Å²) in [4.78, 5) is 0. The minimum atomic E-state index is -0.380. The van der Waals surface area contributed by atoms with Crippen molar-refractivity contribution in [1.82, 2.24) is 0 Å². The number of rotatable bonds is 3. The third-order valence-electron chi connectivity index (χ3n) is 1.61. The van der Waals surface area contributed by atoms with E-state index in [1.165, 1.54) is 5.41 Å². The molecule has 0 aliphatic rings. The van der Waals surface area contributed by atoms with Crippen molar-refractivity contribution >= 4 is 34.3 Å². The Morgan fingerprint density at radius 2 is 2.36 bits per heavy atom. The summed E-state index contributed by atoms with van der Waals surface area (Å²) in [6.45, 7) is -0.380. The molecule has 0 atom stereocenters. The molecule has 1 aromatic carbocycles. The van der Waals surface area contributed by atoms with Crippen molar-refractivity contribution in [3.63, 3.8) is 0 Å². The molecule has 0 fully saturated rings. The maximum Gasteiger partial charge on any atom is 0.186 e. The highest BCUT2D eigenvalue weighted by Crippen LogP contribution is 2.27. The molecule has 0 saturated carbocycles. The quantitative estimate of drug-likeness (QED) is 0.584. The summed E-state index contributed by atoms with van der Waals surface area (Å²) in [6, 6.07) is 5.33. The normalized spacial score (nSPS) is 11.5. The van der Waals surface area contributed by atoms with Gasteiger partial charge in [0, 0.05) is 15.7 Å². The van der Waals surface area contributed by atoms with Crippen LogP contribution in [0.4, 0.5) is 0 Å². The van der Waals surface area contributed by atoms with Gasteiger partial charge in [-0.15, -0.1) is 12.6 Å². The first-order valence-electron chi connectivity index (χ1n) is 3.82. The first kappa shape index (κ1) is 11.4. The first-order valence-corrected chi connectivity index (χ1v) is 5.13. The second-order valence-corrected chi connectivity index (χ2v) is 3.67. The molecule has 0 spiro atoms. The summed E-state index contributed by atoms with van der Waals surface area (Å²) in [5.41, 5.74) is 6.88. The number of aliphatic hydroxyl groups excluding tert-OH is 1. The average molecular weight is 276 g/mol. The van der Waals surface area contributed by atoms with Gasteiger partial charge < -0.3 is 15.6 Å². The van der Waals surface area contributed by atoms with E-state index in [1.54, 1.807) is 18.2 Å². The Morgan fingerprint density at radius 3 is 2.93 bits per heavy atom. The van der Waals surface area contributed by atoms with Crippen molar-refractivity contribution in [3.05, 3.63) is 33.6 Å². The topological polar surface area (TPSA) is 55.5 Å². The zero-order valence-corrected chi connectivity index (χ0v) is 9.75. The van der Waals surface area contributed by atoms with Gasteiger partial charge in [0.1, 0.15) is 5.75 Å². The number of aliphatic hydroxyl groups is 1. The maximum atomic E-state index is 8.65. The third kappa shape index (κ3) is 2.67. The lowest BCUT2D eigenvalue weighted by Crippen LogP contribution is -2.02. The molecule has 0 aromatic heterocycles. The molecule has 3 nitrogen and oxygen atoms in total. The number of hydrogen-bond acceptors (Lipinski definition) is 4. The smallest absolute Gasteiger partial charge is 0.186 e. The Morgan fingerprint density at radius 1 is 1.64 bits per heavy atom. The van der Waals surface area contributed by atoms with Gasteiger partial charge in [-0.2, -0.15) is 0 Å². The van der Waals surface area contributed by atoms with Gasteiger partial charge >= 0.3 is 0 Å². The fourth-order valence-corrected chi connectivity index (χ4v) is 1.49. The highest BCUT2D eigenvalue weighted by molar-refractivity contribution is 9.10. The fraction of sp³-hybridized carbons (Fsp3) is 0.111. The lowest BCUT2D eigenvalue weighted by molar-refractivity contribution is 0.0982. The number of ether oxygens (including phenoxy) is 1. The van der Waals surface area contributed by atoms with E-state index < -0.39 is 0 Å². The predicted octanol–water partition coefficient (Wildman–Crippen LogP) is 1.96. The monoisotopic (exact) mass is 275 g/mol. The number of benzene rings is 1. The minimum absolute atomic E-state index is 0.380. The number of hydrogen-bond donors (Lipinski definition) is 3.